The Kier molecular flexibility index (Phi) is 10.2. The number of carbonyl (C=O) groups excluding carboxylic acids is 1. The van der Waals surface area contributed by atoms with E-state index in [4.69, 9.17) is 14.5 Å². The van der Waals surface area contributed by atoms with Gasteiger partial charge in [-0.2, -0.15) is 0 Å². The van der Waals surface area contributed by atoms with Crippen molar-refractivity contribution in [1.82, 2.24) is 14.5 Å². The number of halogens is 1. The molecular formula is C36H37BrN4O4. The molecule has 1 heterocycles. The van der Waals surface area contributed by atoms with E-state index in [1.54, 1.807) is 29.8 Å². The molecule has 2 amide bonds. The first-order chi connectivity index (χ1) is 21.9. The number of fused-ring (bicyclic) bond motifs is 1. The number of hydrogen-bond donors (Lipinski definition) is 1. The topological polar surface area (TPSA) is 85.7 Å². The van der Waals surface area contributed by atoms with Gasteiger partial charge in [-0.3, -0.25) is 9.36 Å². The molecule has 1 aromatic heterocycles. The predicted octanol–water partition coefficient (Wildman–Crippen LogP) is 7.96. The van der Waals surface area contributed by atoms with Crippen LogP contribution in [0.5, 0.6) is 11.5 Å². The summed E-state index contributed by atoms with van der Waals surface area (Å²) in [7, 11) is 3.20. The van der Waals surface area contributed by atoms with E-state index in [-0.39, 0.29) is 11.6 Å². The SMILES string of the molecule is CCc1ccc(-n2c(C(CC)N(CCc3ccc(OC)c(OC)c3)C(=O)Nc3cccc(Br)c3)nc3ccccc3c2=O)cc1. The van der Waals surface area contributed by atoms with Crippen molar-refractivity contribution in [3.05, 3.63) is 123 Å². The van der Waals surface area contributed by atoms with Gasteiger partial charge in [-0.1, -0.05) is 66.2 Å². The van der Waals surface area contributed by atoms with Crippen LogP contribution in [0.2, 0.25) is 0 Å². The molecule has 0 radical (unpaired) electrons. The van der Waals surface area contributed by atoms with Crippen LogP contribution < -0.4 is 20.3 Å². The Labute approximate surface area is 271 Å². The smallest absolute Gasteiger partial charge is 0.322 e. The van der Waals surface area contributed by atoms with E-state index in [1.807, 2.05) is 91.9 Å². The van der Waals surface area contributed by atoms with Gasteiger partial charge in [-0.25, -0.2) is 9.78 Å². The second-order valence-electron chi connectivity index (χ2n) is 10.6. The number of carbonyl (C=O) groups is 1. The number of amides is 2. The highest BCUT2D eigenvalue weighted by Crippen LogP contribution is 2.30. The number of benzene rings is 4. The molecule has 0 saturated carbocycles. The molecule has 0 aliphatic rings. The molecule has 1 N–H and O–H groups in total. The van der Waals surface area contributed by atoms with Crippen molar-refractivity contribution in [1.29, 1.82) is 0 Å². The molecule has 232 valence electrons. The molecule has 0 fully saturated rings. The molecule has 0 saturated heterocycles. The van der Waals surface area contributed by atoms with E-state index in [0.29, 0.717) is 59.0 Å². The first-order valence-corrected chi connectivity index (χ1v) is 15.8. The molecule has 0 spiro atoms. The fraction of sp³-hybridized carbons (Fsp3) is 0.250. The maximum absolute atomic E-state index is 14.2. The van der Waals surface area contributed by atoms with Crippen molar-refractivity contribution < 1.29 is 14.3 Å². The van der Waals surface area contributed by atoms with Gasteiger partial charge in [-0.15, -0.1) is 0 Å². The molecule has 9 heteroatoms. The van der Waals surface area contributed by atoms with Gasteiger partial charge in [0.25, 0.3) is 5.56 Å². The van der Waals surface area contributed by atoms with Crippen LogP contribution >= 0.6 is 15.9 Å². The first kappa shape index (κ1) is 31.8. The largest absolute Gasteiger partial charge is 0.493 e. The highest BCUT2D eigenvalue weighted by atomic mass is 79.9. The zero-order valence-corrected chi connectivity index (χ0v) is 27.5. The average molecular weight is 670 g/mol. The van der Waals surface area contributed by atoms with Gasteiger partial charge in [-0.05, 0) is 85.0 Å². The monoisotopic (exact) mass is 668 g/mol. The van der Waals surface area contributed by atoms with E-state index >= 15 is 0 Å². The molecular weight excluding hydrogens is 632 g/mol. The predicted molar refractivity (Wildman–Crippen MR) is 183 cm³/mol. The summed E-state index contributed by atoms with van der Waals surface area (Å²) in [6, 6.07) is 27.7. The number of para-hydroxylation sites is 1. The van der Waals surface area contributed by atoms with Gasteiger partial charge in [0.1, 0.15) is 5.82 Å². The lowest BCUT2D eigenvalue weighted by atomic mass is 10.1. The third-order valence-electron chi connectivity index (χ3n) is 7.89. The van der Waals surface area contributed by atoms with Crippen LogP contribution in [0.3, 0.4) is 0 Å². The zero-order valence-electron chi connectivity index (χ0n) is 25.9. The van der Waals surface area contributed by atoms with Gasteiger partial charge >= 0.3 is 6.03 Å². The van der Waals surface area contributed by atoms with Gasteiger partial charge in [0.2, 0.25) is 0 Å². The Hall–Kier alpha value is -4.63. The number of hydrogen-bond acceptors (Lipinski definition) is 5. The van der Waals surface area contributed by atoms with Crippen LogP contribution in [0.25, 0.3) is 16.6 Å². The van der Waals surface area contributed by atoms with E-state index in [1.165, 1.54) is 5.56 Å². The number of methoxy groups -OCH3 is 2. The lowest BCUT2D eigenvalue weighted by Crippen LogP contribution is -2.42. The van der Waals surface area contributed by atoms with Crippen LogP contribution in [0.1, 0.15) is 43.3 Å². The second-order valence-corrected chi connectivity index (χ2v) is 11.6. The minimum atomic E-state index is -0.527. The lowest BCUT2D eigenvalue weighted by molar-refractivity contribution is 0.182. The second kappa shape index (κ2) is 14.4. The molecule has 45 heavy (non-hydrogen) atoms. The van der Waals surface area contributed by atoms with Crippen molar-refractivity contribution in [2.45, 2.75) is 39.2 Å². The van der Waals surface area contributed by atoms with Gasteiger partial charge < -0.3 is 19.7 Å². The molecule has 0 bridgehead atoms. The van der Waals surface area contributed by atoms with Crippen LogP contribution in [-0.2, 0) is 12.8 Å². The minimum absolute atomic E-state index is 0.175. The summed E-state index contributed by atoms with van der Waals surface area (Å²) in [5.41, 5.74) is 3.91. The Bertz CT molecular complexity index is 1860. The molecule has 1 atom stereocenters. The van der Waals surface area contributed by atoms with Crippen LogP contribution in [0, 0.1) is 0 Å². The summed E-state index contributed by atoms with van der Waals surface area (Å²) in [5.74, 6) is 1.75. The lowest BCUT2D eigenvalue weighted by Gasteiger charge is -2.32. The normalized spacial score (nSPS) is 11.7. The maximum Gasteiger partial charge on any atom is 0.322 e. The number of nitrogens with zero attached hydrogens (tertiary/aromatic N) is 3. The van der Waals surface area contributed by atoms with E-state index in [0.717, 1.165) is 16.5 Å². The molecule has 8 nitrogen and oxygen atoms in total. The summed E-state index contributed by atoms with van der Waals surface area (Å²) in [6.45, 7) is 4.45. The molecule has 5 aromatic rings. The molecule has 0 aliphatic heterocycles. The molecule has 5 rings (SSSR count). The van der Waals surface area contributed by atoms with E-state index < -0.39 is 6.04 Å². The number of urea groups is 1. The van der Waals surface area contributed by atoms with E-state index in [9.17, 15) is 9.59 Å². The quantitative estimate of drug-likeness (QED) is 0.154. The summed E-state index contributed by atoms with van der Waals surface area (Å²) in [5, 5.41) is 3.59. The summed E-state index contributed by atoms with van der Waals surface area (Å²) >= 11 is 3.50. The Morgan fingerprint density at radius 2 is 1.64 bits per heavy atom. The Morgan fingerprint density at radius 3 is 2.33 bits per heavy atom. The van der Waals surface area contributed by atoms with E-state index in [2.05, 4.69) is 28.2 Å². The third kappa shape index (κ3) is 7.04. The molecule has 4 aromatic carbocycles. The third-order valence-corrected chi connectivity index (χ3v) is 8.38. The highest BCUT2D eigenvalue weighted by Gasteiger charge is 2.29. The van der Waals surface area contributed by atoms with Gasteiger partial charge in [0.05, 0.1) is 36.9 Å². The fourth-order valence-electron chi connectivity index (χ4n) is 5.49. The van der Waals surface area contributed by atoms with Crippen LogP contribution in [0.4, 0.5) is 10.5 Å². The number of ether oxygens (including phenoxy) is 2. The maximum atomic E-state index is 14.2. The standard InChI is InChI=1S/C36H37BrN4O4/c1-5-24-14-17-28(18-15-24)41-34(39-30-13-8-7-12-29(30)35(41)42)31(6-2)40(36(43)38-27-11-9-10-26(37)23-27)21-20-25-16-19-32(44-3)33(22-25)45-4/h7-19,22-23,31H,5-6,20-21H2,1-4H3,(H,38,43). The Balaban J connectivity index is 1.62. The summed E-state index contributed by atoms with van der Waals surface area (Å²) < 4.78 is 13.5. The van der Waals surface area contributed by atoms with Crippen LogP contribution in [0.15, 0.2) is 100 Å². The Morgan fingerprint density at radius 1 is 0.911 bits per heavy atom. The van der Waals surface area contributed by atoms with Crippen molar-refractivity contribution in [2.24, 2.45) is 0 Å². The molecule has 1 unspecified atom stereocenters. The number of aryl methyl sites for hydroxylation is 1. The minimum Gasteiger partial charge on any atom is -0.493 e. The molecule has 0 aliphatic carbocycles. The van der Waals surface area contributed by atoms with Crippen molar-refractivity contribution in [3.63, 3.8) is 0 Å². The summed E-state index contributed by atoms with van der Waals surface area (Å²) in [4.78, 5) is 35.1. The fourth-order valence-corrected chi connectivity index (χ4v) is 5.89. The average Bonchev–Trinajstić information content (AvgIpc) is 3.06. The van der Waals surface area contributed by atoms with Gasteiger partial charge in [0.15, 0.2) is 11.5 Å². The number of nitrogens with one attached hydrogen (secondary N) is 1. The van der Waals surface area contributed by atoms with Crippen LogP contribution in [-0.4, -0.2) is 41.2 Å². The zero-order chi connectivity index (χ0) is 31.9. The number of anilines is 1. The first-order valence-electron chi connectivity index (χ1n) is 15.0. The summed E-state index contributed by atoms with van der Waals surface area (Å²) in [6.07, 6.45) is 1.94. The van der Waals surface area contributed by atoms with Crippen molar-refractivity contribution in [2.75, 3.05) is 26.1 Å². The highest BCUT2D eigenvalue weighted by molar-refractivity contribution is 9.10. The van der Waals surface area contributed by atoms with Gasteiger partial charge in [0, 0.05) is 16.7 Å². The number of aromatic nitrogens is 2. The van der Waals surface area contributed by atoms with Crippen molar-refractivity contribution >= 4 is 38.6 Å². The van der Waals surface area contributed by atoms with Crippen molar-refractivity contribution in [3.8, 4) is 17.2 Å². The number of rotatable bonds is 11.